The van der Waals surface area contributed by atoms with E-state index in [1.54, 1.807) is 0 Å². The molecule has 96 valence electrons. The largest absolute Gasteiger partial charge is 0.415 e. The summed E-state index contributed by atoms with van der Waals surface area (Å²) in [5.74, 6) is 0. The van der Waals surface area contributed by atoms with Crippen LogP contribution in [0.4, 0.5) is 0 Å². The predicted molar refractivity (Wildman–Crippen MR) is 71.0 cm³/mol. The van der Waals surface area contributed by atoms with Crippen LogP contribution in [0.3, 0.4) is 0 Å². The Hall–Kier alpha value is -0.320. The molecule has 0 heterocycles. The Bertz CT molecular complexity index is 394. The molecule has 0 fully saturated rings. The second-order valence-electron chi connectivity index (χ2n) is 3.84. The smallest absolute Gasteiger partial charge is 0.300 e. The summed E-state index contributed by atoms with van der Waals surface area (Å²) in [5, 5.41) is 0. The molecule has 0 radical (unpaired) electrons. The quantitative estimate of drug-likeness (QED) is 0.632. The van der Waals surface area contributed by atoms with Gasteiger partial charge in [-0.3, -0.25) is 9.05 Å². The first kappa shape index (κ1) is 14.7. The number of aryl methyl sites for hydroxylation is 1. The van der Waals surface area contributed by atoms with Crippen molar-refractivity contribution in [1.82, 2.24) is 4.49 Å². The van der Waals surface area contributed by atoms with Gasteiger partial charge in [-0.2, -0.15) is 4.49 Å². The fourth-order valence-corrected chi connectivity index (χ4v) is 3.35. The zero-order valence-electron chi connectivity index (χ0n) is 10.5. The van der Waals surface area contributed by atoms with Crippen molar-refractivity contribution in [1.29, 1.82) is 0 Å². The highest BCUT2D eigenvalue weighted by Gasteiger charge is 2.24. The van der Waals surface area contributed by atoms with Crippen LogP contribution in [0.1, 0.15) is 19.4 Å². The highest BCUT2D eigenvalue weighted by Crippen LogP contribution is 2.47. The first-order chi connectivity index (χ1) is 7.95. The van der Waals surface area contributed by atoms with Crippen LogP contribution < -0.4 is 4.49 Å². The number of nitrogens with one attached hydrogen (secondary N) is 1. The lowest BCUT2D eigenvalue weighted by Gasteiger charge is -2.18. The Morgan fingerprint density at radius 2 is 1.88 bits per heavy atom. The van der Waals surface area contributed by atoms with Crippen LogP contribution in [-0.2, 0) is 13.6 Å². The molecule has 0 saturated carbocycles. The van der Waals surface area contributed by atoms with Gasteiger partial charge in [-0.25, -0.2) is 4.57 Å². The summed E-state index contributed by atoms with van der Waals surface area (Å²) in [6.07, 6.45) is -0.160. The van der Waals surface area contributed by atoms with Gasteiger partial charge in [-0.05, 0) is 44.9 Å². The van der Waals surface area contributed by atoms with E-state index in [9.17, 15) is 4.57 Å². The summed E-state index contributed by atoms with van der Waals surface area (Å²) in [4.78, 5) is 0.959. The second-order valence-corrected chi connectivity index (χ2v) is 6.82. The van der Waals surface area contributed by atoms with Gasteiger partial charge in [0.15, 0.2) is 0 Å². The minimum atomic E-state index is -3.22. The minimum Gasteiger partial charge on any atom is -0.300 e. The molecule has 1 rings (SSSR count). The molecule has 1 unspecified atom stereocenters. The molecule has 1 atom stereocenters. The zero-order valence-corrected chi connectivity index (χ0v) is 12.2. The van der Waals surface area contributed by atoms with E-state index in [0.29, 0.717) is 0 Å². The molecule has 0 aliphatic heterocycles. The van der Waals surface area contributed by atoms with E-state index in [-0.39, 0.29) is 6.10 Å². The second kappa shape index (κ2) is 6.57. The first-order valence-electron chi connectivity index (χ1n) is 5.30. The molecule has 0 aromatic heterocycles. The first-order valence-corrected chi connectivity index (χ1v) is 7.66. The molecule has 1 aromatic rings. The lowest BCUT2D eigenvalue weighted by molar-refractivity contribution is 0.185. The van der Waals surface area contributed by atoms with E-state index in [4.69, 9.17) is 9.05 Å². The SMILES string of the molecule is COP(=O)(NSc1ccc(C)cc1)OC(C)C. The van der Waals surface area contributed by atoms with Gasteiger partial charge < -0.3 is 0 Å². The van der Waals surface area contributed by atoms with Crippen molar-refractivity contribution in [2.75, 3.05) is 7.11 Å². The normalized spacial score (nSPS) is 14.9. The monoisotopic (exact) mass is 275 g/mol. The van der Waals surface area contributed by atoms with Gasteiger partial charge in [0.2, 0.25) is 0 Å². The average Bonchev–Trinajstić information content (AvgIpc) is 2.27. The van der Waals surface area contributed by atoms with Gasteiger partial charge in [0.05, 0.1) is 6.10 Å². The summed E-state index contributed by atoms with van der Waals surface area (Å²) in [5.41, 5.74) is 1.18. The highest BCUT2D eigenvalue weighted by molar-refractivity contribution is 8.01. The molecular formula is C11H18NO3PS. The number of hydrogen-bond donors (Lipinski definition) is 1. The van der Waals surface area contributed by atoms with Gasteiger partial charge in [-0.15, -0.1) is 0 Å². The van der Waals surface area contributed by atoms with E-state index in [1.165, 1.54) is 24.6 Å². The third-order valence-corrected chi connectivity index (χ3v) is 4.83. The van der Waals surface area contributed by atoms with Crippen LogP contribution in [0.15, 0.2) is 29.2 Å². The van der Waals surface area contributed by atoms with Crippen LogP contribution in [-0.4, -0.2) is 13.2 Å². The number of rotatable bonds is 6. The Morgan fingerprint density at radius 1 is 1.29 bits per heavy atom. The maximum absolute atomic E-state index is 12.1. The predicted octanol–water partition coefficient (Wildman–Crippen LogP) is 3.77. The lowest BCUT2D eigenvalue weighted by atomic mass is 10.2. The van der Waals surface area contributed by atoms with Crippen molar-refractivity contribution in [3.05, 3.63) is 29.8 Å². The van der Waals surface area contributed by atoms with E-state index >= 15 is 0 Å². The molecule has 17 heavy (non-hydrogen) atoms. The Morgan fingerprint density at radius 3 is 2.35 bits per heavy atom. The van der Waals surface area contributed by atoms with Crippen LogP contribution in [0, 0.1) is 6.92 Å². The average molecular weight is 275 g/mol. The van der Waals surface area contributed by atoms with Crippen LogP contribution >= 0.6 is 19.7 Å². The molecule has 6 heteroatoms. The molecule has 0 amide bonds. The summed E-state index contributed by atoms with van der Waals surface area (Å²) in [6, 6.07) is 7.88. The maximum atomic E-state index is 12.1. The van der Waals surface area contributed by atoms with Gasteiger partial charge in [0, 0.05) is 12.0 Å². The van der Waals surface area contributed by atoms with E-state index in [0.717, 1.165) is 4.90 Å². The summed E-state index contributed by atoms with van der Waals surface area (Å²) >= 11 is 1.24. The molecule has 0 spiro atoms. The van der Waals surface area contributed by atoms with Crippen molar-refractivity contribution in [2.45, 2.75) is 31.8 Å². The molecule has 1 N–H and O–H groups in total. The van der Waals surface area contributed by atoms with Crippen LogP contribution in [0.25, 0.3) is 0 Å². The molecule has 0 aliphatic carbocycles. The van der Waals surface area contributed by atoms with Gasteiger partial charge in [0.25, 0.3) is 0 Å². The fraction of sp³-hybridized carbons (Fsp3) is 0.455. The molecule has 4 nitrogen and oxygen atoms in total. The minimum absolute atomic E-state index is 0.160. The third kappa shape index (κ3) is 5.23. The summed E-state index contributed by atoms with van der Waals surface area (Å²) in [7, 11) is -1.85. The standard InChI is InChI=1S/C11H18NO3PS/c1-9(2)15-16(13,14-4)12-17-11-7-5-10(3)6-8-11/h5-9H,1-4H3,(H,12,13). The van der Waals surface area contributed by atoms with Gasteiger partial charge in [0.1, 0.15) is 0 Å². The Labute approximate surface area is 107 Å². The van der Waals surface area contributed by atoms with Gasteiger partial charge in [-0.1, -0.05) is 17.7 Å². The van der Waals surface area contributed by atoms with Crippen molar-refractivity contribution in [3.63, 3.8) is 0 Å². The molecule has 0 saturated heterocycles. The van der Waals surface area contributed by atoms with E-state index in [2.05, 4.69) is 4.49 Å². The lowest BCUT2D eigenvalue weighted by Crippen LogP contribution is -2.10. The maximum Gasteiger partial charge on any atom is 0.415 e. The van der Waals surface area contributed by atoms with Crippen LogP contribution in [0.5, 0.6) is 0 Å². The van der Waals surface area contributed by atoms with Crippen molar-refractivity contribution in [3.8, 4) is 0 Å². The number of benzene rings is 1. The summed E-state index contributed by atoms with van der Waals surface area (Å²) < 4.78 is 24.9. The molecule has 0 aliphatic rings. The van der Waals surface area contributed by atoms with Crippen molar-refractivity contribution in [2.24, 2.45) is 0 Å². The van der Waals surface area contributed by atoms with Crippen molar-refractivity contribution < 1.29 is 13.6 Å². The Balaban J connectivity index is 2.58. The van der Waals surface area contributed by atoms with Crippen LogP contribution in [0.2, 0.25) is 0 Å². The highest BCUT2D eigenvalue weighted by atomic mass is 32.2. The third-order valence-electron chi connectivity index (χ3n) is 1.89. The van der Waals surface area contributed by atoms with Crippen molar-refractivity contribution >= 4 is 19.7 Å². The topological polar surface area (TPSA) is 47.6 Å². The molecular weight excluding hydrogens is 257 g/mol. The summed E-state index contributed by atoms with van der Waals surface area (Å²) in [6.45, 7) is 5.64. The fourth-order valence-electron chi connectivity index (χ4n) is 1.09. The number of hydrogen-bond acceptors (Lipinski definition) is 4. The molecule has 1 aromatic carbocycles. The van der Waals surface area contributed by atoms with E-state index < -0.39 is 7.75 Å². The van der Waals surface area contributed by atoms with E-state index in [1.807, 2.05) is 45.0 Å². The van der Waals surface area contributed by atoms with Gasteiger partial charge >= 0.3 is 7.75 Å². The zero-order chi connectivity index (χ0) is 12.9. The Kier molecular flexibility index (Phi) is 5.70. The molecule has 0 bridgehead atoms.